The summed E-state index contributed by atoms with van der Waals surface area (Å²) in [5, 5.41) is 13.3. The van der Waals surface area contributed by atoms with Crippen LogP contribution in [-0.4, -0.2) is 18.8 Å². The Hall–Kier alpha value is -1.22. The molecule has 0 aliphatic heterocycles. The number of benzene rings is 1. The fourth-order valence-corrected chi connectivity index (χ4v) is 2.33. The van der Waals surface area contributed by atoms with Crippen LogP contribution in [0.1, 0.15) is 31.7 Å². The summed E-state index contributed by atoms with van der Waals surface area (Å²) >= 11 is 0. The average molecular weight is 235 g/mol. The van der Waals surface area contributed by atoms with Crippen LogP contribution < -0.4 is 10.1 Å². The molecule has 0 unspecified atom stereocenters. The van der Waals surface area contributed by atoms with E-state index in [1.807, 2.05) is 12.1 Å². The third-order valence-corrected chi connectivity index (χ3v) is 3.73. The van der Waals surface area contributed by atoms with Crippen molar-refractivity contribution in [3.63, 3.8) is 0 Å². The molecule has 0 heterocycles. The van der Waals surface area contributed by atoms with Crippen LogP contribution in [0.2, 0.25) is 0 Å². The number of ether oxygens (including phenoxy) is 1. The van der Waals surface area contributed by atoms with Gasteiger partial charge in [-0.25, -0.2) is 0 Å². The van der Waals surface area contributed by atoms with Crippen LogP contribution in [0.4, 0.5) is 0 Å². The second kappa shape index (κ2) is 4.96. The molecule has 1 saturated carbocycles. The van der Waals surface area contributed by atoms with Gasteiger partial charge in [0.25, 0.3) is 0 Å². The summed E-state index contributed by atoms with van der Waals surface area (Å²) in [5.74, 6) is 0.792. The third-order valence-electron chi connectivity index (χ3n) is 3.73. The van der Waals surface area contributed by atoms with Crippen LogP contribution in [0, 0.1) is 5.41 Å². The molecular formula is C14H21NO2. The zero-order valence-corrected chi connectivity index (χ0v) is 10.6. The summed E-state index contributed by atoms with van der Waals surface area (Å²) in [6.07, 6.45) is 3.97. The van der Waals surface area contributed by atoms with E-state index in [-0.39, 0.29) is 5.75 Å². The molecule has 0 saturated heterocycles. The van der Waals surface area contributed by atoms with Gasteiger partial charge in [-0.1, -0.05) is 25.5 Å². The van der Waals surface area contributed by atoms with Crippen molar-refractivity contribution in [2.24, 2.45) is 5.41 Å². The van der Waals surface area contributed by atoms with Crippen molar-refractivity contribution < 1.29 is 9.84 Å². The Kier molecular flexibility index (Phi) is 3.57. The Morgan fingerprint density at radius 2 is 2.18 bits per heavy atom. The van der Waals surface area contributed by atoms with Crippen molar-refractivity contribution in [2.45, 2.75) is 32.7 Å². The van der Waals surface area contributed by atoms with Crippen LogP contribution in [0.5, 0.6) is 11.5 Å². The number of rotatable bonds is 5. The molecule has 0 radical (unpaired) electrons. The smallest absolute Gasteiger partial charge is 0.162 e. The molecule has 1 fully saturated rings. The van der Waals surface area contributed by atoms with Crippen molar-refractivity contribution >= 4 is 0 Å². The molecule has 0 atom stereocenters. The number of phenols is 1. The molecule has 2 N–H and O–H groups in total. The molecular weight excluding hydrogens is 214 g/mol. The van der Waals surface area contributed by atoms with Gasteiger partial charge in [-0.05, 0) is 24.3 Å². The molecule has 0 aromatic heterocycles. The molecule has 0 spiro atoms. The van der Waals surface area contributed by atoms with Crippen LogP contribution >= 0.6 is 0 Å². The lowest BCUT2D eigenvalue weighted by Gasteiger charge is -2.38. The molecule has 17 heavy (non-hydrogen) atoms. The summed E-state index contributed by atoms with van der Waals surface area (Å²) in [4.78, 5) is 0. The van der Waals surface area contributed by atoms with E-state index < -0.39 is 0 Å². The lowest BCUT2D eigenvalue weighted by Crippen LogP contribution is -2.36. The molecule has 1 aliphatic rings. The minimum atomic E-state index is 0.251. The van der Waals surface area contributed by atoms with Gasteiger partial charge in [0.15, 0.2) is 11.5 Å². The highest BCUT2D eigenvalue weighted by atomic mass is 16.5. The summed E-state index contributed by atoms with van der Waals surface area (Å²) < 4.78 is 5.09. The summed E-state index contributed by atoms with van der Waals surface area (Å²) in [7, 11) is 1.57. The fourth-order valence-electron chi connectivity index (χ4n) is 2.33. The van der Waals surface area contributed by atoms with Crippen LogP contribution in [0.15, 0.2) is 18.2 Å². The average Bonchev–Trinajstić information content (AvgIpc) is 2.29. The van der Waals surface area contributed by atoms with Gasteiger partial charge in [0.1, 0.15) is 0 Å². The molecule has 1 aromatic rings. The van der Waals surface area contributed by atoms with E-state index in [2.05, 4.69) is 12.2 Å². The quantitative estimate of drug-likeness (QED) is 0.824. The van der Waals surface area contributed by atoms with Gasteiger partial charge in [-0.2, -0.15) is 0 Å². The Balaban J connectivity index is 1.90. The summed E-state index contributed by atoms with van der Waals surface area (Å²) in [5.41, 5.74) is 1.36. The zero-order valence-electron chi connectivity index (χ0n) is 10.6. The number of methoxy groups -OCH3 is 1. The van der Waals surface area contributed by atoms with Crippen molar-refractivity contribution in [1.29, 1.82) is 0 Å². The first-order chi connectivity index (χ1) is 8.14. The Bertz CT molecular complexity index is 386. The largest absolute Gasteiger partial charge is 0.504 e. The van der Waals surface area contributed by atoms with E-state index in [1.54, 1.807) is 13.2 Å². The van der Waals surface area contributed by atoms with Gasteiger partial charge in [-0.15, -0.1) is 0 Å². The first kappa shape index (κ1) is 12.2. The van der Waals surface area contributed by atoms with E-state index in [0.717, 1.165) is 12.1 Å². The van der Waals surface area contributed by atoms with Crippen molar-refractivity contribution in [1.82, 2.24) is 5.32 Å². The second-order valence-corrected chi connectivity index (χ2v) is 5.24. The number of para-hydroxylation sites is 1. The molecule has 94 valence electrons. The number of phenolic OH excluding ortho intramolecular Hbond substituents is 1. The third kappa shape index (κ3) is 2.72. The lowest BCUT2D eigenvalue weighted by atomic mass is 9.70. The maximum atomic E-state index is 9.92. The summed E-state index contributed by atoms with van der Waals surface area (Å²) in [6, 6.07) is 5.60. The Morgan fingerprint density at radius 3 is 2.76 bits per heavy atom. The van der Waals surface area contributed by atoms with Gasteiger partial charge < -0.3 is 15.2 Å². The van der Waals surface area contributed by atoms with Gasteiger partial charge in [0.05, 0.1) is 7.11 Å². The van der Waals surface area contributed by atoms with Gasteiger partial charge in [0.2, 0.25) is 0 Å². The van der Waals surface area contributed by atoms with Gasteiger partial charge in [0, 0.05) is 18.7 Å². The molecule has 0 bridgehead atoms. The predicted octanol–water partition coefficient (Wildman–Crippen LogP) is 2.68. The standard InChI is InChI=1S/C14H21NO2/c1-14(7-4-8-14)10-15-9-11-5-3-6-12(17-2)13(11)16/h3,5-6,15-16H,4,7-10H2,1-2H3. The normalized spacial score (nSPS) is 17.5. The van der Waals surface area contributed by atoms with Crippen LogP contribution in [-0.2, 0) is 6.54 Å². The fraction of sp³-hybridized carbons (Fsp3) is 0.571. The van der Waals surface area contributed by atoms with Crippen molar-refractivity contribution in [2.75, 3.05) is 13.7 Å². The van der Waals surface area contributed by atoms with E-state index in [1.165, 1.54) is 19.3 Å². The Morgan fingerprint density at radius 1 is 1.41 bits per heavy atom. The minimum Gasteiger partial charge on any atom is -0.504 e. The van der Waals surface area contributed by atoms with Crippen LogP contribution in [0.3, 0.4) is 0 Å². The number of hydrogen-bond donors (Lipinski definition) is 2. The molecule has 0 amide bonds. The molecule has 3 heteroatoms. The van der Waals surface area contributed by atoms with E-state index in [4.69, 9.17) is 4.74 Å². The monoisotopic (exact) mass is 235 g/mol. The SMILES string of the molecule is COc1cccc(CNCC2(C)CCC2)c1O. The second-order valence-electron chi connectivity index (χ2n) is 5.24. The first-order valence-electron chi connectivity index (χ1n) is 6.20. The lowest BCUT2D eigenvalue weighted by molar-refractivity contribution is 0.156. The molecule has 2 rings (SSSR count). The maximum absolute atomic E-state index is 9.92. The maximum Gasteiger partial charge on any atom is 0.162 e. The van der Waals surface area contributed by atoms with Crippen molar-refractivity contribution in [3.8, 4) is 11.5 Å². The van der Waals surface area contributed by atoms with Crippen molar-refractivity contribution in [3.05, 3.63) is 23.8 Å². The van der Waals surface area contributed by atoms with E-state index >= 15 is 0 Å². The zero-order chi connectivity index (χ0) is 12.3. The topological polar surface area (TPSA) is 41.5 Å². The minimum absolute atomic E-state index is 0.251. The number of hydrogen-bond acceptors (Lipinski definition) is 3. The molecule has 1 aromatic carbocycles. The number of nitrogens with one attached hydrogen (secondary N) is 1. The highest BCUT2D eigenvalue weighted by Gasteiger charge is 2.30. The van der Waals surface area contributed by atoms with E-state index in [0.29, 0.717) is 17.7 Å². The molecule has 3 nitrogen and oxygen atoms in total. The first-order valence-corrected chi connectivity index (χ1v) is 6.20. The number of aromatic hydroxyl groups is 1. The highest BCUT2D eigenvalue weighted by Crippen LogP contribution is 2.39. The van der Waals surface area contributed by atoms with Gasteiger partial charge >= 0.3 is 0 Å². The summed E-state index contributed by atoms with van der Waals surface area (Å²) in [6.45, 7) is 4.03. The highest BCUT2D eigenvalue weighted by molar-refractivity contribution is 5.45. The van der Waals surface area contributed by atoms with Crippen LogP contribution in [0.25, 0.3) is 0 Å². The van der Waals surface area contributed by atoms with E-state index in [9.17, 15) is 5.11 Å². The predicted molar refractivity (Wildman–Crippen MR) is 68.3 cm³/mol. The Labute approximate surface area is 103 Å². The molecule has 1 aliphatic carbocycles. The van der Waals surface area contributed by atoms with Gasteiger partial charge in [-0.3, -0.25) is 0 Å².